The number of aryl methyl sites for hydroxylation is 1. The summed E-state index contributed by atoms with van der Waals surface area (Å²) in [6.45, 7) is 6.03. The largest absolute Gasteiger partial charge is 0.325 e. The molecule has 2 fully saturated rings. The number of anilines is 1. The van der Waals surface area contributed by atoms with Crippen LogP contribution in [0.2, 0.25) is 5.02 Å². The lowest BCUT2D eigenvalue weighted by Gasteiger charge is -2.35. The summed E-state index contributed by atoms with van der Waals surface area (Å²) in [7, 11) is 0. The van der Waals surface area contributed by atoms with Crippen LogP contribution in [0.3, 0.4) is 0 Å². The van der Waals surface area contributed by atoms with Crippen LogP contribution in [0.5, 0.6) is 0 Å². The van der Waals surface area contributed by atoms with Gasteiger partial charge in [-0.3, -0.25) is 9.59 Å². The number of rotatable bonds is 2. The SMILES string of the molecule is Cc1ccc(Cl)cc1NC(=O)C12CCC(CC1=O)C2(C)C. The monoisotopic (exact) mass is 305 g/mol. The first-order chi connectivity index (χ1) is 9.79. The molecule has 2 aliphatic rings. The molecule has 0 spiro atoms. The molecule has 0 aromatic heterocycles. The minimum absolute atomic E-state index is 0.0981. The van der Waals surface area contributed by atoms with E-state index in [0.29, 0.717) is 29.5 Å². The van der Waals surface area contributed by atoms with Gasteiger partial charge in [-0.1, -0.05) is 31.5 Å². The summed E-state index contributed by atoms with van der Waals surface area (Å²) in [6, 6.07) is 5.40. The fraction of sp³-hybridized carbons (Fsp3) is 0.529. The first-order valence-corrected chi connectivity index (χ1v) is 7.78. The van der Waals surface area contributed by atoms with Crippen molar-refractivity contribution in [3.05, 3.63) is 28.8 Å². The minimum atomic E-state index is -0.869. The zero-order chi connectivity index (χ0) is 15.4. The number of hydrogen-bond acceptors (Lipinski definition) is 2. The molecule has 21 heavy (non-hydrogen) atoms. The molecule has 4 heteroatoms. The van der Waals surface area contributed by atoms with Crippen molar-refractivity contribution in [2.45, 2.75) is 40.0 Å². The molecule has 2 bridgehead atoms. The highest BCUT2D eigenvalue weighted by Crippen LogP contribution is 2.64. The molecular weight excluding hydrogens is 286 g/mol. The number of nitrogens with one attached hydrogen (secondary N) is 1. The summed E-state index contributed by atoms with van der Waals surface area (Å²) >= 11 is 6.00. The lowest BCUT2D eigenvalue weighted by atomic mass is 9.68. The zero-order valence-corrected chi connectivity index (χ0v) is 13.4. The van der Waals surface area contributed by atoms with Gasteiger partial charge in [-0.2, -0.15) is 0 Å². The number of hydrogen-bond donors (Lipinski definition) is 1. The first kappa shape index (κ1) is 14.6. The molecule has 2 unspecified atom stereocenters. The van der Waals surface area contributed by atoms with Gasteiger partial charge in [-0.15, -0.1) is 0 Å². The second-order valence-corrected chi connectivity index (χ2v) is 7.34. The minimum Gasteiger partial charge on any atom is -0.325 e. The summed E-state index contributed by atoms with van der Waals surface area (Å²) in [5.74, 6) is 0.264. The highest BCUT2D eigenvalue weighted by atomic mass is 35.5. The Morgan fingerprint density at radius 2 is 2.10 bits per heavy atom. The average Bonchev–Trinajstić information content (AvgIpc) is 2.77. The van der Waals surface area contributed by atoms with Crippen LogP contribution in [0, 0.1) is 23.7 Å². The van der Waals surface area contributed by atoms with Crippen molar-refractivity contribution in [1.82, 2.24) is 0 Å². The summed E-state index contributed by atoms with van der Waals surface area (Å²) in [6.07, 6.45) is 2.16. The predicted molar refractivity (Wildman–Crippen MR) is 83.4 cm³/mol. The van der Waals surface area contributed by atoms with E-state index in [1.54, 1.807) is 12.1 Å². The van der Waals surface area contributed by atoms with Crippen LogP contribution in [0.15, 0.2) is 18.2 Å². The Bertz CT molecular complexity index is 638. The maximum Gasteiger partial charge on any atom is 0.238 e. The molecule has 1 N–H and O–H groups in total. The molecular formula is C17H20ClNO2. The molecule has 1 aromatic carbocycles. The van der Waals surface area contributed by atoms with Crippen LogP contribution in [0.25, 0.3) is 0 Å². The third-order valence-corrected chi connectivity index (χ3v) is 5.97. The Kier molecular flexibility index (Phi) is 3.17. The molecule has 2 atom stereocenters. The molecule has 3 rings (SSSR count). The van der Waals surface area contributed by atoms with Gasteiger partial charge < -0.3 is 5.32 Å². The van der Waals surface area contributed by atoms with E-state index in [0.717, 1.165) is 12.0 Å². The van der Waals surface area contributed by atoms with Crippen molar-refractivity contribution in [2.75, 3.05) is 5.32 Å². The summed E-state index contributed by atoms with van der Waals surface area (Å²) < 4.78 is 0. The van der Waals surface area contributed by atoms with Gasteiger partial charge >= 0.3 is 0 Å². The molecule has 1 aromatic rings. The molecule has 0 aliphatic heterocycles. The fourth-order valence-electron chi connectivity index (χ4n) is 4.17. The highest BCUT2D eigenvalue weighted by Gasteiger charge is 2.68. The summed E-state index contributed by atoms with van der Waals surface area (Å²) in [5.41, 5.74) is 0.510. The van der Waals surface area contributed by atoms with E-state index in [1.165, 1.54) is 0 Å². The van der Waals surface area contributed by atoms with Crippen LogP contribution >= 0.6 is 11.6 Å². The van der Waals surface area contributed by atoms with Gasteiger partial charge in [0.15, 0.2) is 0 Å². The van der Waals surface area contributed by atoms with E-state index < -0.39 is 5.41 Å². The van der Waals surface area contributed by atoms with Crippen LogP contribution in [0.4, 0.5) is 5.69 Å². The lowest BCUT2D eigenvalue weighted by Crippen LogP contribution is -2.46. The van der Waals surface area contributed by atoms with Gasteiger partial charge in [-0.25, -0.2) is 0 Å². The quantitative estimate of drug-likeness (QED) is 0.840. The molecule has 0 heterocycles. The van der Waals surface area contributed by atoms with Crippen LogP contribution in [-0.2, 0) is 9.59 Å². The van der Waals surface area contributed by atoms with Crippen LogP contribution < -0.4 is 5.32 Å². The van der Waals surface area contributed by atoms with Crippen molar-refractivity contribution in [2.24, 2.45) is 16.7 Å². The van der Waals surface area contributed by atoms with Gasteiger partial charge in [0.25, 0.3) is 0 Å². The Morgan fingerprint density at radius 1 is 1.38 bits per heavy atom. The smallest absolute Gasteiger partial charge is 0.238 e. The van der Waals surface area contributed by atoms with E-state index in [9.17, 15) is 9.59 Å². The molecule has 0 saturated heterocycles. The number of amides is 1. The van der Waals surface area contributed by atoms with Crippen molar-refractivity contribution in [3.63, 3.8) is 0 Å². The number of carbonyl (C=O) groups excluding carboxylic acids is 2. The van der Waals surface area contributed by atoms with Gasteiger partial charge in [0.2, 0.25) is 5.91 Å². The van der Waals surface area contributed by atoms with Gasteiger partial charge in [0.05, 0.1) is 0 Å². The third-order valence-electron chi connectivity index (χ3n) is 5.73. The van der Waals surface area contributed by atoms with E-state index in [4.69, 9.17) is 11.6 Å². The summed E-state index contributed by atoms with van der Waals surface area (Å²) in [4.78, 5) is 25.4. The standard InChI is InChI=1S/C17H20ClNO2/c1-10-4-5-12(18)9-13(10)19-15(21)17-7-6-11(8-14(17)20)16(17,2)3/h4-5,9,11H,6-8H2,1-3H3,(H,19,21). The van der Waals surface area contributed by atoms with Crippen molar-refractivity contribution < 1.29 is 9.59 Å². The second-order valence-electron chi connectivity index (χ2n) is 6.90. The number of halogens is 1. The number of Topliss-reactive ketones (excluding diaryl/α,β-unsaturated/α-hetero) is 1. The maximum atomic E-state index is 12.9. The Balaban J connectivity index is 1.95. The Hall–Kier alpha value is -1.35. The maximum absolute atomic E-state index is 12.9. The number of benzene rings is 1. The molecule has 3 nitrogen and oxygen atoms in total. The zero-order valence-electron chi connectivity index (χ0n) is 12.6. The Labute approximate surface area is 130 Å². The number of ketones is 1. The first-order valence-electron chi connectivity index (χ1n) is 7.40. The molecule has 2 saturated carbocycles. The average molecular weight is 306 g/mol. The van der Waals surface area contributed by atoms with Crippen molar-refractivity contribution in [1.29, 1.82) is 0 Å². The molecule has 0 radical (unpaired) electrons. The van der Waals surface area contributed by atoms with Gasteiger partial charge in [-0.05, 0) is 48.8 Å². The van der Waals surface area contributed by atoms with E-state index in [-0.39, 0.29) is 17.1 Å². The van der Waals surface area contributed by atoms with Crippen molar-refractivity contribution >= 4 is 29.0 Å². The summed E-state index contributed by atoms with van der Waals surface area (Å²) in [5, 5.41) is 3.53. The third kappa shape index (κ3) is 1.87. The molecule has 112 valence electrons. The Morgan fingerprint density at radius 3 is 2.67 bits per heavy atom. The van der Waals surface area contributed by atoms with Crippen LogP contribution in [0.1, 0.15) is 38.7 Å². The van der Waals surface area contributed by atoms with Crippen LogP contribution in [-0.4, -0.2) is 11.7 Å². The fourth-order valence-corrected chi connectivity index (χ4v) is 4.34. The van der Waals surface area contributed by atoms with Gasteiger partial charge in [0, 0.05) is 17.1 Å². The molecule has 1 amide bonds. The van der Waals surface area contributed by atoms with E-state index in [2.05, 4.69) is 19.2 Å². The topological polar surface area (TPSA) is 46.2 Å². The van der Waals surface area contributed by atoms with Gasteiger partial charge in [0.1, 0.15) is 11.2 Å². The lowest BCUT2D eigenvalue weighted by molar-refractivity contribution is -0.141. The second kappa shape index (κ2) is 4.57. The predicted octanol–water partition coefficient (Wildman–Crippen LogP) is 3.98. The van der Waals surface area contributed by atoms with E-state index in [1.807, 2.05) is 13.0 Å². The highest BCUT2D eigenvalue weighted by molar-refractivity contribution is 6.31. The number of carbonyl (C=O) groups is 2. The van der Waals surface area contributed by atoms with E-state index >= 15 is 0 Å². The van der Waals surface area contributed by atoms with Crippen molar-refractivity contribution in [3.8, 4) is 0 Å². The molecule has 2 aliphatic carbocycles. The normalized spacial score (nSPS) is 29.7. The number of fused-ring (bicyclic) bond motifs is 2.